The number of carboxylic acids is 1. The number of rotatable bonds is 6. The summed E-state index contributed by atoms with van der Waals surface area (Å²) in [5.74, 6) is -1.72. The first-order valence-electron chi connectivity index (χ1n) is 5.70. The average molecular weight is 255 g/mol. The summed E-state index contributed by atoms with van der Waals surface area (Å²) >= 11 is 0. The van der Waals surface area contributed by atoms with Gasteiger partial charge in [-0.15, -0.1) is 0 Å². The highest BCUT2D eigenvalue weighted by molar-refractivity contribution is 5.78. The maximum absolute atomic E-state index is 11.5. The third-order valence-electron chi connectivity index (χ3n) is 2.89. The Morgan fingerprint density at radius 1 is 1.56 bits per heavy atom. The maximum atomic E-state index is 11.5. The Morgan fingerprint density at radius 3 is 2.89 bits per heavy atom. The summed E-state index contributed by atoms with van der Waals surface area (Å²) in [6, 6.07) is 1.64. The van der Waals surface area contributed by atoms with Gasteiger partial charge in [0.1, 0.15) is 0 Å². The minimum Gasteiger partial charge on any atom is -0.481 e. The summed E-state index contributed by atoms with van der Waals surface area (Å²) in [7, 11) is 1.69. The van der Waals surface area contributed by atoms with Gasteiger partial charge in [0.2, 0.25) is 5.91 Å². The van der Waals surface area contributed by atoms with Gasteiger partial charge in [-0.1, -0.05) is 0 Å². The van der Waals surface area contributed by atoms with Crippen molar-refractivity contribution in [3.05, 3.63) is 0 Å². The highest BCUT2D eigenvalue weighted by Gasteiger charge is 2.37. The van der Waals surface area contributed by atoms with Gasteiger partial charge in [-0.3, -0.25) is 14.5 Å². The number of amides is 1. The van der Waals surface area contributed by atoms with Crippen molar-refractivity contribution in [1.29, 1.82) is 5.26 Å². The summed E-state index contributed by atoms with van der Waals surface area (Å²) < 4.78 is 5.14. The van der Waals surface area contributed by atoms with E-state index in [4.69, 9.17) is 15.1 Å². The van der Waals surface area contributed by atoms with Gasteiger partial charge < -0.3 is 15.2 Å². The molecule has 1 rings (SSSR count). The second-order valence-corrected chi connectivity index (χ2v) is 4.22. The summed E-state index contributed by atoms with van der Waals surface area (Å²) in [6.07, 6.45) is 0.264. The average Bonchev–Trinajstić information content (AvgIpc) is 2.78. The number of aliphatic carboxylic acids is 1. The van der Waals surface area contributed by atoms with Crippen molar-refractivity contribution in [2.75, 3.05) is 33.4 Å². The summed E-state index contributed by atoms with van der Waals surface area (Å²) in [5, 5.41) is 19.9. The summed E-state index contributed by atoms with van der Waals surface area (Å²) in [5.41, 5.74) is 0. The molecule has 7 nitrogen and oxygen atoms in total. The van der Waals surface area contributed by atoms with Crippen molar-refractivity contribution >= 4 is 11.9 Å². The van der Waals surface area contributed by atoms with Crippen molar-refractivity contribution < 1.29 is 19.4 Å². The molecular weight excluding hydrogens is 238 g/mol. The van der Waals surface area contributed by atoms with Crippen LogP contribution in [0.15, 0.2) is 0 Å². The number of carbonyl (C=O) groups excluding carboxylic acids is 1. The number of hydrogen-bond donors (Lipinski definition) is 2. The molecule has 2 N–H and O–H groups in total. The first-order valence-corrected chi connectivity index (χ1v) is 5.70. The molecule has 0 saturated carbocycles. The van der Waals surface area contributed by atoms with Gasteiger partial charge >= 0.3 is 5.97 Å². The van der Waals surface area contributed by atoms with Crippen LogP contribution in [0.1, 0.15) is 6.42 Å². The van der Waals surface area contributed by atoms with E-state index >= 15 is 0 Å². The standard InChI is InChI=1S/C11H17N3O4/c1-14(5-10(15)13-4-2-3-12)9-7-18-6-8(9)11(16)17/h8-9H,2,4-7H2,1H3,(H,13,15)(H,16,17). The molecule has 2 atom stereocenters. The quantitative estimate of drug-likeness (QED) is 0.593. The fourth-order valence-corrected chi connectivity index (χ4v) is 1.87. The molecule has 1 amide bonds. The van der Waals surface area contributed by atoms with Crippen LogP contribution in [0.3, 0.4) is 0 Å². The Bertz CT molecular complexity index is 353. The van der Waals surface area contributed by atoms with Crippen LogP contribution in [0.4, 0.5) is 0 Å². The predicted molar refractivity (Wildman–Crippen MR) is 61.6 cm³/mol. The van der Waals surface area contributed by atoms with E-state index in [9.17, 15) is 9.59 Å². The number of carboxylic acid groups (broad SMARTS) is 1. The fraction of sp³-hybridized carbons (Fsp3) is 0.727. The van der Waals surface area contributed by atoms with Crippen LogP contribution in [0.25, 0.3) is 0 Å². The van der Waals surface area contributed by atoms with Crippen molar-refractivity contribution in [2.24, 2.45) is 5.92 Å². The lowest BCUT2D eigenvalue weighted by molar-refractivity contribution is -0.143. The van der Waals surface area contributed by atoms with E-state index in [1.807, 2.05) is 6.07 Å². The third-order valence-corrected chi connectivity index (χ3v) is 2.89. The first kappa shape index (κ1) is 14.4. The van der Waals surface area contributed by atoms with Gasteiger partial charge in [-0.2, -0.15) is 5.26 Å². The Hall–Kier alpha value is -1.65. The molecule has 0 bridgehead atoms. The van der Waals surface area contributed by atoms with Crippen LogP contribution in [0.5, 0.6) is 0 Å². The Balaban J connectivity index is 2.40. The van der Waals surface area contributed by atoms with E-state index in [0.29, 0.717) is 13.2 Å². The van der Waals surface area contributed by atoms with Crippen LogP contribution in [0, 0.1) is 17.2 Å². The van der Waals surface area contributed by atoms with Crippen LogP contribution in [-0.2, 0) is 14.3 Å². The van der Waals surface area contributed by atoms with Crippen LogP contribution in [0.2, 0.25) is 0 Å². The van der Waals surface area contributed by atoms with E-state index in [2.05, 4.69) is 5.32 Å². The number of carbonyl (C=O) groups is 2. The number of nitrogens with zero attached hydrogens (tertiary/aromatic N) is 2. The number of nitrogens with one attached hydrogen (secondary N) is 1. The molecule has 1 fully saturated rings. The topological polar surface area (TPSA) is 103 Å². The van der Waals surface area contributed by atoms with Gasteiger partial charge in [0.05, 0.1) is 38.2 Å². The van der Waals surface area contributed by atoms with Gasteiger partial charge in [-0.25, -0.2) is 0 Å². The smallest absolute Gasteiger partial charge is 0.310 e. The molecule has 0 aromatic heterocycles. The van der Waals surface area contributed by atoms with Gasteiger partial charge in [-0.05, 0) is 7.05 Å². The minimum absolute atomic E-state index is 0.100. The molecule has 1 saturated heterocycles. The van der Waals surface area contributed by atoms with E-state index in [0.717, 1.165) is 0 Å². The highest BCUT2D eigenvalue weighted by atomic mass is 16.5. The van der Waals surface area contributed by atoms with Crippen LogP contribution < -0.4 is 5.32 Å². The van der Waals surface area contributed by atoms with E-state index < -0.39 is 11.9 Å². The first-order chi connectivity index (χ1) is 8.56. The molecule has 18 heavy (non-hydrogen) atoms. The van der Waals surface area contributed by atoms with Crippen LogP contribution >= 0.6 is 0 Å². The molecule has 7 heteroatoms. The summed E-state index contributed by atoms with van der Waals surface area (Å²) in [4.78, 5) is 24.2. The Morgan fingerprint density at radius 2 is 2.28 bits per heavy atom. The molecule has 1 heterocycles. The molecule has 100 valence electrons. The zero-order valence-electron chi connectivity index (χ0n) is 10.3. The Labute approximate surface area is 105 Å². The molecule has 0 aromatic carbocycles. The van der Waals surface area contributed by atoms with Gasteiger partial charge in [0.25, 0.3) is 0 Å². The lowest BCUT2D eigenvalue weighted by Gasteiger charge is -2.25. The van der Waals surface area contributed by atoms with E-state index in [-0.39, 0.29) is 31.5 Å². The largest absolute Gasteiger partial charge is 0.481 e. The lowest BCUT2D eigenvalue weighted by Crippen LogP contribution is -2.45. The fourth-order valence-electron chi connectivity index (χ4n) is 1.87. The maximum Gasteiger partial charge on any atom is 0.310 e. The molecule has 1 aliphatic heterocycles. The Kier molecular flexibility index (Phi) is 5.55. The number of ether oxygens (including phenoxy) is 1. The molecule has 1 aliphatic rings. The second-order valence-electron chi connectivity index (χ2n) is 4.22. The molecule has 0 radical (unpaired) electrons. The summed E-state index contributed by atoms with van der Waals surface area (Å²) in [6.45, 7) is 0.912. The molecule has 0 aromatic rings. The highest BCUT2D eigenvalue weighted by Crippen LogP contribution is 2.18. The van der Waals surface area contributed by atoms with E-state index in [1.165, 1.54) is 0 Å². The minimum atomic E-state index is -0.908. The lowest BCUT2D eigenvalue weighted by atomic mass is 10.0. The number of likely N-dealkylation sites (N-methyl/N-ethyl adjacent to an activating group) is 1. The normalized spacial score (nSPS) is 22.7. The van der Waals surface area contributed by atoms with Gasteiger partial charge in [0, 0.05) is 12.6 Å². The SMILES string of the molecule is CN(CC(=O)NCCC#N)C1COCC1C(=O)O. The van der Waals surface area contributed by atoms with Crippen molar-refractivity contribution in [3.63, 3.8) is 0 Å². The molecule has 2 unspecified atom stereocenters. The van der Waals surface area contributed by atoms with Gasteiger partial charge in [0.15, 0.2) is 0 Å². The number of hydrogen-bond acceptors (Lipinski definition) is 5. The zero-order valence-corrected chi connectivity index (χ0v) is 10.3. The number of nitriles is 1. The molecule has 0 aliphatic carbocycles. The van der Waals surface area contributed by atoms with Crippen molar-refractivity contribution in [2.45, 2.75) is 12.5 Å². The monoisotopic (exact) mass is 255 g/mol. The van der Waals surface area contributed by atoms with Crippen molar-refractivity contribution in [1.82, 2.24) is 10.2 Å². The molecular formula is C11H17N3O4. The van der Waals surface area contributed by atoms with Crippen LogP contribution in [-0.4, -0.2) is 61.3 Å². The predicted octanol–water partition coefficient (Wildman–Crippen LogP) is -0.952. The molecule has 0 spiro atoms. The van der Waals surface area contributed by atoms with E-state index in [1.54, 1.807) is 11.9 Å². The zero-order chi connectivity index (χ0) is 13.5. The third kappa shape index (κ3) is 3.98. The second kappa shape index (κ2) is 6.93. The van der Waals surface area contributed by atoms with Crippen molar-refractivity contribution in [3.8, 4) is 6.07 Å².